The van der Waals surface area contributed by atoms with Crippen molar-refractivity contribution < 1.29 is 4.74 Å². The molecule has 0 atom stereocenters. The van der Waals surface area contributed by atoms with Gasteiger partial charge in [0.1, 0.15) is 7.85 Å². The van der Waals surface area contributed by atoms with Gasteiger partial charge in [-0.25, -0.2) is 0 Å². The average Bonchev–Trinajstić information content (AvgIpc) is 3.28. The lowest BCUT2D eigenvalue weighted by molar-refractivity contribution is -0.0384. The first-order chi connectivity index (χ1) is 17.8. The molecule has 2 rings (SSSR count). The lowest BCUT2D eigenvalue weighted by atomic mass is 9.78. The molecule has 1 aromatic heterocycles. The normalized spacial score (nSPS) is 12.6. The van der Waals surface area contributed by atoms with Gasteiger partial charge in [0.05, 0.1) is 11.3 Å². The Hall–Kier alpha value is -1.38. The van der Waals surface area contributed by atoms with Crippen molar-refractivity contribution in [2.75, 3.05) is 18.9 Å². The highest BCUT2D eigenvalue weighted by molar-refractivity contribution is 8.76. The molecule has 212 valence electrons. The van der Waals surface area contributed by atoms with Crippen LogP contribution in [0.15, 0.2) is 47.6 Å². The van der Waals surface area contributed by atoms with Crippen molar-refractivity contribution in [3.8, 4) is 0 Å². The van der Waals surface area contributed by atoms with Gasteiger partial charge in [0.2, 0.25) is 0 Å². The number of benzene rings is 1. The standard InChI is InChI=1S/C30H51BN4OS2/c1-24(32-17-20-37-38-27-11-9-25(22-31)10-12-27)21-26-23-35(34-33-26)18-15-30(7,8)36-19-16-29(5,6)14-13-28(2,3)4/h9-12,23,32H,1,13-22,31H2,2-8H3. The Kier molecular flexibility index (Phi) is 13.3. The number of nitrogens with zero attached hydrogens (tertiary/aromatic N) is 3. The fourth-order valence-corrected chi connectivity index (χ4v) is 5.76. The first-order valence-electron chi connectivity index (χ1n) is 14.1. The van der Waals surface area contributed by atoms with Crippen molar-refractivity contribution in [2.24, 2.45) is 10.8 Å². The largest absolute Gasteiger partial charge is 0.388 e. The third kappa shape index (κ3) is 14.1. The zero-order chi connectivity index (χ0) is 28.2. The summed E-state index contributed by atoms with van der Waals surface area (Å²) >= 11 is 0. The second-order valence-corrected chi connectivity index (χ2v) is 15.4. The topological polar surface area (TPSA) is 52.0 Å². The Labute approximate surface area is 241 Å². The van der Waals surface area contributed by atoms with E-state index in [1.165, 1.54) is 23.3 Å². The number of allylic oxidation sites excluding steroid dienone is 1. The van der Waals surface area contributed by atoms with Crippen LogP contribution < -0.4 is 5.32 Å². The third-order valence-corrected chi connectivity index (χ3v) is 9.18. The van der Waals surface area contributed by atoms with Crippen molar-refractivity contribution >= 4 is 29.4 Å². The van der Waals surface area contributed by atoms with E-state index in [-0.39, 0.29) is 5.60 Å². The van der Waals surface area contributed by atoms with E-state index >= 15 is 0 Å². The number of aryl methyl sites for hydroxylation is 1. The van der Waals surface area contributed by atoms with Crippen LogP contribution in [0.25, 0.3) is 0 Å². The zero-order valence-electron chi connectivity index (χ0n) is 25.2. The summed E-state index contributed by atoms with van der Waals surface area (Å²) in [5.74, 6) is 1.01. The van der Waals surface area contributed by atoms with E-state index in [4.69, 9.17) is 4.74 Å². The number of ether oxygens (including phenoxy) is 1. The Morgan fingerprint density at radius 2 is 1.74 bits per heavy atom. The van der Waals surface area contributed by atoms with Gasteiger partial charge in [-0.3, -0.25) is 4.68 Å². The van der Waals surface area contributed by atoms with Crippen LogP contribution in [-0.4, -0.2) is 47.3 Å². The molecule has 0 bridgehead atoms. The van der Waals surface area contributed by atoms with Crippen LogP contribution in [0.4, 0.5) is 0 Å². The van der Waals surface area contributed by atoms with Gasteiger partial charge in [-0.1, -0.05) is 92.0 Å². The van der Waals surface area contributed by atoms with E-state index in [1.54, 1.807) is 0 Å². The van der Waals surface area contributed by atoms with Crippen molar-refractivity contribution in [2.45, 2.75) is 104 Å². The molecule has 0 amide bonds. The molecule has 0 aliphatic carbocycles. The van der Waals surface area contributed by atoms with Crippen molar-refractivity contribution in [3.63, 3.8) is 0 Å². The van der Waals surface area contributed by atoms with E-state index in [1.807, 2.05) is 32.5 Å². The molecule has 0 saturated carbocycles. The molecule has 0 unspecified atom stereocenters. The second kappa shape index (κ2) is 15.4. The summed E-state index contributed by atoms with van der Waals surface area (Å²) in [6.45, 7) is 22.7. The summed E-state index contributed by atoms with van der Waals surface area (Å²) in [6.07, 6.45) is 8.26. The van der Waals surface area contributed by atoms with Gasteiger partial charge in [0.15, 0.2) is 0 Å². The van der Waals surface area contributed by atoms with Crippen LogP contribution in [0.1, 0.15) is 85.4 Å². The van der Waals surface area contributed by atoms with Crippen molar-refractivity contribution in [1.29, 1.82) is 0 Å². The molecule has 1 heterocycles. The summed E-state index contributed by atoms with van der Waals surface area (Å²) in [5.41, 5.74) is 3.81. The van der Waals surface area contributed by atoms with Crippen LogP contribution in [0.2, 0.25) is 0 Å². The van der Waals surface area contributed by atoms with Crippen molar-refractivity contribution in [1.82, 2.24) is 20.3 Å². The minimum absolute atomic E-state index is 0.189. The van der Waals surface area contributed by atoms with Crippen LogP contribution >= 0.6 is 21.6 Å². The fourth-order valence-electron chi connectivity index (χ4n) is 3.87. The number of rotatable bonds is 18. The molecule has 1 aromatic carbocycles. The maximum Gasteiger partial charge on any atom is 0.107 e. The first-order valence-corrected chi connectivity index (χ1v) is 16.4. The lowest BCUT2D eigenvalue weighted by Gasteiger charge is -2.31. The molecule has 2 aromatic rings. The van der Waals surface area contributed by atoms with E-state index in [0.717, 1.165) is 56.0 Å². The Morgan fingerprint density at radius 3 is 2.39 bits per heavy atom. The van der Waals surface area contributed by atoms with Gasteiger partial charge >= 0.3 is 0 Å². The Morgan fingerprint density at radius 1 is 1.03 bits per heavy atom. The summed E-state index contributed by atoms with van der Waals surface area (Å²) in [6, 6.07) is 8.83. The van der Waals surface area contributed by atoms with E-state index < -0.39 is 0 Å². The lowest BCUT2D eigenvalue weighted by Crippen LogP contribution is -2.29. The number of aromatic nitrogens is 3. The molecular weight excluding hydrogens is 507 g/mol. The van der Waals surface area contributed by atoms with E-state index in [9.17, 15) is 0 Å². The van der Waals surface area contributed by atoms with Gasteiger partial charge in [0.25, 0.3) is 0 Å². The highest BCUT2D eigenvalue weighted by Crippen LogP contribution is 2.33. The predicted octanol–water partition coefficient (Wildman–Crippen LogP) is 6.93. The average molecular weight is 559 g/mol. The van der Waals surface area contributed by atoms with Gasteiger partial charge in [0, 0.05) is 48.7 Å². The first kappa shape index (κ1) is 32.8. The van der Waals surface area contributed by atoms with Crippen LogP contribution in [0.5, 0.6) is 0 Å². The fraction of sp³-hybridized carbons (Fsp3) is 0.667. The van der Waals surface area contributed by atoms with Gasteiger partial charge in [-0.2, -0.15) is 0 Å². The molecule has 0 aliphatic heterocycles. The minimum atomic E-state index is -0.189. The van der Waals surface area contributed by atoms with Crippen molar-refractivity contribution in [3.05, 3.63) is 54.0 Å². The minimum Gasteiger partial charge on any atom is -0.388 e. The van der Waals surface area contributed by atoms with Crippen LogP contribution in [0.3, 0.4) is 0 Å². The van der Waals surface area contributed by atoms with Gasteiger partial charge in [-0.15, -0.1) is 5.10 Å². The molecule has 8 heteroatoms. The molecular formula is C30H51BN4OS2. The van der Waals surface area contributed by atoms with Gasteiger partial charge in [-0.05, 0) is 62.5 Å². The molecule has 0 spiro atoms. The molecule has 0 aliphatic rings. The summed E-state index contributed by atoms with van der Waals surface area (Å²) < 4.78 is 8.23. The van der Waals surface area contributed by atoms with Crippen LogP contribution in [0, 0.1) is 10.8 Å². The maximum absolute atomic E-state index is 6.30. The second-order valence-electron chi connectivity index (χ2n) is 12.9. The zero-order valence-corrected chi connectivity index (χ0v) is 26.9. The number of nitrogens with one attached hydrogen (secondary N) is 1. The molecule has 0 radical (unpaired) electrons. The smallest absolute Gasteiger partial charge is 0.107 e. The SMILES string of the molecule is BCc1ccc(SSCCNC(=C)Cc2cn(CCC(C)(C)OCCC(C)(C)CCC(C)(C)C)nn2)cc1. The third-order valence-electron chi connectivity index (χ3n) is 6.79. The Balaban J connectivity index is 1.62. The maximum atomic E-state index is 6.30. The quantitative estimate of drug-likeness (QED) is 0.122. The van der Waals surface area contributed by atoms with E-state index in [0.29, 0.717) is 17.3 Å². The highest BCUT2D eigenvalue weighted by Gasteiger charge is 2.24. The Bertz CT molecular complexity index is 967. The molecule has 1 N–H and O–H groups in total. The summed E-state index contributed by atoms with van der Waals surface area (Å²) in [4.78, 5) is 1.30. The monoisotopic (exact) mass is 558 g/mol. The summed E-state index contributed by atoms with van der Waals surface area (Å²) in [5, 5.41) is 12.1. The van der Waals surface area contributed by atoms with Crippen LogP contribution in [-0.2, 0) is 24.0 Å². The molecule has 38 heavy (non-hydrogen) atoms. The molecule has 0 fully saturated rings. The predicted molar refractivity (Wildman–Crippen MR) is 170 cm³/mol. The molecule has 0 saturated heterocycles. The number of hydrogen-bond donors (Lipinski definition) is 1. The van der Waals surface area contributed by atoms with Gasteiger partial charge < -0.3 is 10.1 Å². The molecule has 5 nitrogen and oxygen atoms in total. The number of hydrogen-bond acceptors (Lipinski definition) is 6. The highest BCUT2D eigenvalue weighted by atomic mass is 33.1. The summed E-state index contributed by atoms with van der Waals surface area (Å²) in [7, 11) is 5.87. The van der Waals surface area contributed by atoms with E-state index in [2.05, 4.69) is 103 Å².